The third-order valence-electron chi connectivity index (χ3n) is 2.80. The quantitative estimate of drug-likeness (QED) is 0.868. The van der Waals surface area contributed by atoms with Gasteiger partial charge in [0.05, 0.1) is 4.90 Å². The first-order chi connectivity index (χ1) is 9.39. The highest BCUT2D eigenvalue weighted by Crippen LogP contribution is 2.19. The van der Waals surface area contributed by atoms with Gasteiger partial charge in [-0.3, -0.25) is 0 Å². The molecule has 0 N–H and O–H groups in total. The maximum atomic E-state index is 13.1. The topological polar surface area (TPSA) is 37.4 Å². The Morgan fingerprint density at radius 3 is 2.50 bits per heavy atom. The van der Waals surface area contributed by atoms with E-state index in [0.29, 0.717) is 5.02 Å². The van der Waals surface area contributed by atoms with Crippen LogP contribution in [0.4, 0.5) is 4.39 Å². The lowest BCUT2D eigenvalue weighted by Gasteiger charge is -2.17. The Balaban J connectivity index is 2.26. The lowest BCUT2D eigenvalue weighted by atomic mass is 10.2. The molecule has 0 radical (unpaired) electrons. The number of halogens is 2. The van der Waals surface area contributed by atoms with Crippen LogP contribution in [0.15, 0.2) is 53.4 Å². The second-order valence-electron chi connectivity index (χ2n) is 4.35. The molecule has 0 aromatic heterocycles. The van der Waals surface area contributed by atoms with E-state index in [0.717, 1.165) is 15.9 Å². The van der Waals surface area contributed by atoms with Crippen molar-refractivity contribution in [1.29, 1.82) is 0 Å². The van der Waals surface area contributed by atoms with Crippen LogP contribution in [-0.2, 0) is 16.6 Å². The molecule has 0 atom stereocenters. The summed E-state index contributed by atoms with van der Waals surface area (Å²) < 4.78 is 38.9. The van der Waals surface area contributed by atoms with Gasteiger partial charge < -0.3 is 0 Å². The first kappa shape index (κ1) is 15.0. The average molecular weight is 314 g/mol. The van der Waals surface area contributed by atoms with Crippen LogP contribution < -0.4 is 0 Å². The van der Waals surface area contributed by atoms with E-state index in [1.807, 2.05) is 0 Å². The van der Waals surface area contributed by atoms with Gasteiger partial charge in [0, 0.05) is 18.6 Å². The minimum Gasteiger partial charge on any atom is -0.207 e. The molecule has 6 heteroatoms. The summed E-state index contributed by atoms with van der Waals surface area (Å²) in [5.74, 6) is -0.581. The van der Waals surface area contributed by atoms with Crippen molar-refractivity contribution in [1.82, 2.24) is 4.31 Å². The van der Waals surface area contributed by atoms with Crippen molar-refractivity contribution in [3.63, 3.8) is 0 Å². The average Bonchev–Trinajstić information content (AvgIpc) is 2.38. The molecule has 0 aliphatic heterocycles. The first-order valence-electron chi connectivity index (χ1n) is 5.86. The Bertz CT molecular complexity index is 719. The number of nitrogens with zero attached hydrogens (tertiary/aromatic N) is 1. The molecule has 0 unspecified atom stereocenters. The van der Waals surface area contributed by atoms with Crippen LogP contribution >= 0.6 is 11.6 Å². The minimum atomic E-state index is -3.72. The van der Waals surface area contributed by atoms with Crippen LogP contribution in [0.3, 0.4) is 0 Å². The van der Waals surface area contributed by atoms with Crippen LogP contribution in [-0.4, -0.2) is 19.8 Å². The molecule has 0 bridgehead atoms. The van der Waals surface area contributed by atoms with E-state index < -0.39 is 15.8 Å². The summed E-state index contributed by atoms with van der Waals surface area (Å²) in [4.78, 5) is -0.0676. The molecule has 20 heavy (non-hydrogen) atoms. The van der Waals surface area contributed by atoms with Gasteiger partial charge in [-0.2, -0.15) is 4.31 Å². The van der Waals surface area contributed by atoms with Gasteiger partial charge in [0.15, 0.2) is 0 Å². The molecular weight excluding hydrogens is 301 g/mol. The second kappa shape index (κ2) is 5.91. The van der Waals surface area contributed by atoms with Crippen molar-refractivity contribution in [3.05, 3.63) is 64.9 Å². The second-order valence-corrected chi connectivity index (χ2v) is 6.83. The third kappa shape index (κ3) is 3.36. The lowest BCUT2D eigenvalue weighted by molar-refractivity contribution is 0.466. The summed E-state index contributed by atoms with van der Waals surface area (Å²) in [6.07, 6.45) is 0. The summed E-state index contributed by atoms with van der Waals surface area (Å²) in [6.45, 7) is 0.166. The van der Waals surface area contributed by atoms with Crippen molar-refractivity contribution in [2.24, 2.45) is 0 Å². The molecular formula is C14H13ClFNO2S. The molecule has 0 fully saturated rings. The fourth-order valence-electron chi connectivity index (χ4n) is 1.78. The molecule has 0 aliphatic rings. The number of hydrogen-bond acceptors (Lipinski definition) is 2. The van der Waals surface area contributed by atoms with Gasteiger partial charge in [-0.25, -0.2) is 12.8 Å². The highest BCUT2D eigenvalue weighted by molar-refractivity contribution is 7.89. The molecule has 106 valence electrons. The minimum absolute atomic E-state index is 0.0676. The van der Waals surface area contributed by atoms with Gasteiger partial charge >= 0.3 is 0 Å². The van der Waals surface area contributed by atoms with E-state index in [9.17, 15) is 12.8 Å². The SMILES string of the molecule is CN(Cc1cccc(Cl)c1)S(=O)(=O)c1cccc(F)c1. The fourth-order valence-corrected chi connectivity index (χ4v) is 3.19. The molecule has 0 spiro atoms. The molecule has 0 heterocycles. The normalized spacial score (nSPS) is 11.8. The van der Waals surface area contributed by atoms with Crippen LogP contribution in [0, 0.1) is 5.82 Å². The van der Waals surface area contributed by atoms with Crippen LogP contribution in [0.1, 0.15) is 5.56 Å². The number of benzene rings is 2. The number of hydrogen-bond donors (Lipinski definition) is 0. The van der Waals surface area contributed by atoms with Crippen LogP contribution in [0.2, 0.25) is 5.02 Å². The zero-order chi connectivity index (χ0) is 14.8. The van der Waals surface area contributed by atoms with E-state index in [1.54, 1.807) is 24.3 Å². The van der Waals surface area contributed by atoms with Crippen molar-refractivity contribution in [3.8, 4) is 0 Å². The number of rotatable bonds is 4. The Morgan fingerprint density at radius 2 is 1.85 bits per heavy atom. The zero-order valence-electron chi connectivity index (χ0n) is 10.8. The van der Waals surface area contributed by atoms with Crippen molar-refractivity contribution < 1.29 is 12.8 Å². The predicted molar refractivity (Wildman–Crippen MR) is 76.5 cm³/mol. The van der Waals surface area contributed by atoms with Gasteiger partial charge in [-0.15, -0.1) is 0 Å². The molecule has 2 aromatic carbocycles. The highest BCUT2D eigenvalue weighted by atomic mass is 35.5. The molecule has 0 amide bonds. The Hall–Kier alpha value is -1.43. The van der Waals surface area contributed by atoms with Gasteiger partial charge in [-0.1, -0.05) is 29.8 Å². The molecule has 0 saturated carbocycles. The zero-order valence-corrected chi connectivity index (χ0v) is 12.3. The largest absolute Gasteiger partial charge is 0.243 e. The highest BCUT2D eigenvalue weighted by Gasteiger charge is 2.21. The fraction of sp³-hybridized carbons (Fsp3) is 0.143. The van der Waals surface area contributed by atoms with E-state index in [4.69, 9.17) is 11.6 Å². The van der Waals surface area contributed by atoms with Gasteiger partial charge in [-0.05, 0) is 35.9 Å². The van der Waals surface area contributed by atoms with Crippen molar-refractivity contribution in [2.75, 3.05) is 7.05 Å². The maximum Gasteiger partial charge on any atom is 0.243 e. The van der Waals surface area contributed by atoms with E-state index in [-0.39, 0.29) is 11.4 Å². The monoisotopic (exact) mass is 313 g/mol. The summed E-state index contributed by atoms with van der Waals surface area (Å²) >= 11 is 5.86. The number of sulfonamides is 1. The Morgan fingerprint density at radius 1 is 1.15 bits per heavy atom. The third-order valence-corrected chi connectivity index (χ3v) is 4.83. The lowest BCUT2D eigenvalue weighted by Crippen LogP contribution is -2.26. The Kier molecular flexibility index (Phi) is 4.42. The van der Waals surface area contributed by atoms with E-state index in [2.05, 4.69) is 0 Å². The Labute approximate surface area is 122 Å². The smallest absolute Gasteiger partial charge is 0.207 e. The molecule has 0 saturated heterocycles. The molecule has 3 nitrogen and oxygen atoms in total. The molecule has 2 rings (SSSR count). The van der Waals surface area contributed by atoms with Gasteiger partial charge in [0.1, 0.15) is 5.82 Å². The van der Waals surface area contributed by atoms with Crippen LogP contribution in [0.25, 0.3) is 0 Å². The molecule has 2 aromatic rings. The van der Waals surface area contributed by atoms with Crippen molar-refractivity contribution >= 4 is 21.6 Å². The summed E-state index contributed by atoms with van der Waals surface area (Å²) in [5.41, 5.74) is 0.764. The van der Waals surface area contributed by atoms with Crippen molar-refractivity contribution in [2.45, 2.75) is 11.4 Å². The summed E-state index contributed by atoms with van der Waals surface area (Å²) in [5, 5.41) is 0.541. The summed E-state index contributed by atoms with van der Waals surface area (Å²) in [7, 11) is -2.28. The van der Waals surface area contributed by atoms with Gasteiger partial charge in [0.25, 0.3) is 0 Å². The standard InChI is InChI=1S/C14H13ClFNO2S/c1-17(10-11-4-2-5-12(15)8-11)20(18,19)14-7-3-6-13(16)9-14/h2-9H,10H2,1H3. The summed E-state index contributed by atoms with van der Waals surface area (Å²) in [6, 6.07) is 11.9. The predicted octanol–water partition coefficient (Wildman–Crippen LogP) is 3.30. The van der Waals surface area contributed by atoms with E-state index >= 15 is 0 Å². The maximum absolute atomic E-state index is 13.1. The van der Waals surface area contributed by atoms with Crippen LogP contribution in [0.5, 0.6) is 0 Å². The first-order valence-corrected chi connectivity index (χ1v) is 7.68. The van der Waals surface area contributed by atoms with Gasteiger partial charge in [0.2, 0.25) is 10.0 Å². The van der Waals surface area contributed by atoms with E-state index in [1.165, 1.54) is 25.2 Å². The molecule has 0 aliphatic carbocycles.